The minimum Gasteiger partial charge on any atom is -0.462 e. The Balaban J connectivity index is 4.17. The normalized spacial score (nSPS) is 12.8. The molecule has 0 saturated heterocycles. The highest BCUT2D eigenvalue weighted by Crippen LogP contribution is 2.12. The lowest BCUT2D eigenvalue weighted by Crippen LogP contribution is -2.16. The summed E-state index contributed by atoms with van der Waals surface area (Å²) in [5.41, 5.74) is 2.46. The summed E-state index contributed by atoms with van der Waals surface area (Å²) in [7, 11) is -1.81. The second-order valence-corrected chi connectivity index (χ2v) is 9.87. The van der Waals surface area contributed by atoms with Gasteiger partial charge in [0.2, 0.25) is 0 Å². The third-order valence-corrected chi connectivity index (χ3v) is 2.77. The van der Waals surface area contributed by atoms with Crippen LogP contribution in [0.1, 0.15) is 20.3 Å². The van der Waals surface area contributed by atoms with Crippen molar-refractivity contribution in [2.24, 2.45) is 0 Å². The third kappa shape index (κ3) is 6.84. The summed E-state index contributed by atoms with van der Waals surface area (Å²) in [5.74, 6) is -0.247. The van der Waals surface area contributed by atoms with Gasteiger partial charge in [-0.05, 0) is 13.3 Å². The summed E-state index contributed by atoms with van der Waals surface area (Å²) in [5, 5.41) is 0. The van der Waals surface area contributed by atoms with E-state index in [9.17, 15) is 4.79 Å². The number of ether oxygens (including phenoxy) is 1. The minimum atomic E-state index is -1.81. The van der Waals surface area contributed by atoms with Gasteiger partial charge in [0.15, 0.2) is 7.38 Å². The van der Waals surface area contributed by atoms with Gasteiger partial charge < -0.3 is 4.74 Å². The first-order chi connectivity index (χ1) is 5.87. The van der Waals surface area contributed by atoms with Crippen LogP contribution in [0.4, 0.5) is 0 Å². The van der Waals surface area contributed by atoms with Gasteiger partial charge in [-0.1, -0.05) is 25.7 Å². The topological polar surface area (TPSA) is 26.3 Å². The highest BCUT2D eigenvalue weighted by molar-refractivity contribution is 7.22. The van der Waals surface area contributed by atoms with Crippen molar-refractivity contribution in [2.45, 2.75) is 33.4 Å². The van der Waals surface area contributed by atoms with Crippen molar-refractivity contribution in [1.82, 2.24) is 0 Å². The predicted octanol–water partition coefficient (Wildman–Crippen LogP) is 2.87. The number of esters is 1. The molecular formula is C9H17ClO2Si. The van der Waals surface area contributed by atoms with Gasteiger partial charge in [0.25, 0.3) is 0 Å². The summed E-state index contributed by atoms with van der Waals surface area (Å²) in [6.45, 7) is 8.12. The molecule has 76 valence electrons. The number of hydrogen-bond donors (Lipinski definition) is 0. The highest BCUT2D eigenvalue weighted by atomic mass is 35.6. The van der Waals surface area contributed by atoms with Crippen molar-refractivity contribution in [1.29, 1.82) is 0 Å². The first-order valence-corrected chi connectivity index (χ1v) is 8.51. The zero-order chi connectivity index (χ0) is 10.5. The number of hydrogen-bond acceptors (Lipinski definition) is 2. The van der Waals surface area contributed by atoms with E-state index in [2.05, 4.69) is 0 Å². The van der Waals surface area contributed by atoms with Gasteiger partial charge in [0.05, 0.1) is 6.61 Å². The molecule has 0 aromatic rings. The fourth-order valence-corrected chi connectivity index (χ4v) is 2.52. The van der Waals surface area contributed by atoms with Crippen LogP contribution in [0, 0.1) is 0 Å². The average Bonchev–Trinajstić information content (AvgIpc) is 1.96. The number of rotatable bonds is 4. The molecule has 0 radical (unpaired) electrons. The van der Waals surface area contributed by atoms with Gasteiger partial charge in [-0.25, -0.2) is 4.79 Å². The van der Waals surface area contributed by atoms with Crippen molar-refractivity contribution in [3.8, 4) is 0 Å². The van der Waals surface area contributed by atoms with Crippen molar-refractivity contribution in [3.05, 3.63) is 11.3 Å². The van der Waals surface area contributed by atoms with Crippen molar-refractivity contribution in [3.63, 3.8) is 0 Å². The number of halogens is 1. The van der Waals surface area contributed by atoms with E-state index >= 15 is 0 Å². The molecule has 0 bridgehead atoms. The number of carbonyl (C=O) groups excluding carboxylic acids is 1. The Morgan fingerprint density at radius 3 is 2.46 bits per heavy atom. The van der Waals surface area contributed by atoms with Gasteiger partial charge in [-0.2, -0.15) is 11.1 Å². The van der Waals surface area contributed by atoms with E-state index in [1.807, 2.05) is 25.7 Å². The van der Waals surface area contributed by atoms with E-state index < -0.39 is 7.38 Å². The van der Waals surface area contributed by atoms with Crippen molar-refractivity contribution in [2.75, 3.05) is 6.61 Å². The molecule has 0 atom stereocenters. The van der Waals surface area contributed by atoms with Crippen LogP contribution in [0.2, 0.25) is 13.1 Å². The second kappa shape index (κ2) is 5.45. The molecule has 0 N–H and O–H groups in total. The Kier molecular flexibility index (Phi) is 5.33. The van der Waals surface area contributed by atoms with Crippen LogP contribution in [0.5, 0.6) is 0 Å². The molecule has 0 heterocycles. The smallest absolute Gasteiger partial charge is 0.333 e. The molecule has 0 aromatic carbocycles. The van der Waals surface area contributed by atoms with Gasteiger partial charge >= 0.3 is 5.97 Å². The van der Waals surface area contributed by atoms with Gasteiger partial charge in [0, 0.05) is 5.57 Å². The first kappa shape index (κ1) is 12.7. The Morgan fingerprint density at radius 1 is 1.54 bits per heavy atom. The lowest BCUT2D eigenvalue weighted by Gasteiger charge is -2.08. The SMILES string of the molecule is CCCOC(=O)C(C)=C[Si](C)(C)Cl. The zero-order valence-corrected chi connectivity index (χ0v) is 10.4. The largest absolute Gasteiger partial charge is 0.462 e. The first-order valence-electron chi connectivity index (χ1n) is 4.42. The van der Waals surface area contributed by atoms with E-state index in [0.717, 1.165) is 6.42 Å². The van der Waals surface area contributed by atoms with Gasteiger partial charge in [-0.3, -0.25) is 0 Å². The van der Waals surface area contributed by atoms with Crippen LogP contribution in [-0.4, -0.2) is 20.0 Å². The monoisotopic (exact) mass is 220 g/mol. The Morgan fingerprint density at radius 2 is 2.08 bits per heavy atom. The van der Waals surface area contributed by atoms with E-state index in [1.165, 1.54) is 0 Å². The summed E-state index contributed by atoms with van der Waals surface area (Å²) >= 11 is 6.06. The summed E-state index contributed by atoms with van der Waals surface area (Å²) in [4.78, 5) is 11.3. The third-order valence-electron chi connectivity index (χ3n) is 1.32. The summed E-state index contributed by atoms with van der Waals surface area (Å²) in [6, 6.07) is 0. The van der Waals surface area contributed by atoms with Crippen molar-refractivity contribution < 1.29 is 9.53 Å². The van der Waals surface area contributed by atoms with Gasteiger partial charge in [0.1, 0.15) is 0 Å². The Hall–Kier alpha value is -0.283. The lowest BCUT2D eigenvalue weighted by molar-refractivity contribution is -0.138. The molecule has 0 aliphatic carbocycles. The molecule has 0 fully saturated rings. The maximum Gasteiger partial charge on any atom is 0.333 e. The molecule has 0 aliphatic heterocycles. The molecule has 0 aromatic heterocycles. The maximum atomic E-state index is 11.3. The van der Waals surface area contributed by atoms with Crippen LogP contribution in [0.3, 0.4) is 0 Å². The molecule has 0 amide bonds. The molecule has 4 heteroatoms. The van der Waals surface area contributed by atoms with Crippen molar-refractivity contribution >= 4 is 24.4 Å². The molecule has 0 rings (SSSR count). The highest BCUT2D eigenvalue weighted by Gasteiger charge is 2.16. The molecule has 0 unspecified atom stereocenters. The van der Waals surface area contributed by atoms with Gasteiger partial charge in [-0.15, -0.1) is 0 Å². The molecule has 2 nitrogen and oxygen atoms in total. The molecule has 0 aliphatic rings. The Bertz CT molecular complexity index is 206. The zero-order valence-electron chi connectivity index (χ0n) is 8.69. The second-order valence-electron chi connectivity index (χ2n) is 3.53. The molecule has 0 spiro atoms. The van der Waals surface area contributed by atoms with Crippen LogP contribution in [0.15, 0.2) is 11.3 Å². The van der Waals surface area contributed by atoms with Crippen LogP contribution in [0.25, 0.3) is 0 Å². The maximum absolute atomic E-state index is 11.3. The van der Waals surface area contributed by atoms with Crippen LogP contribution < -0.4 is 0 Å². The predicted molar refractivity (Wildman–Crippen MR) is 58.3 cm³/mol. The lowest BCUT2D eigenvalue weighted by atomic mass is 10.4. The fraction of sp³-hybridized carbons (Fsp3) is 0.667. The Labute approximate surface area is 85.6 Å². The van der Waals surface area contributed by atoms with E-state index in [1.54, 1.807) is 6.92 Å². The van der Waals surface area contributed by atoms with E-state index in [-0.39, 0.29) is 5.97 Å². The van der Waals surface area contributed by atoms with E-state index in [4.69, 9.17) is 15.8 Å². The quantitative estimate of drug-likeness (QED) is 0.315. The standard InChI is InChI=1S/C9H17ClO2Si/c1-5-6-12-9(11)8(2)7-13(3,4)10/h7H,5-6H2,1-4H3. The summed E-state index contributed by atoms with van der Waals surface area (Å²) < 4.78 is 4.96. The number of carbonyl (C=O) groups is 1. The summed E-state index contributed by atoms with van der Waals surface area (Å²) in [6.07, 6.45) is 0.848. The van der Waals surface area contributed by atoms with Crippen LogP contribution in [-0.2, 0) is 9.53 Å². The molecule has 0 saturated carbocycles. The van der Waals surface area contributed by atoms with E-state index in [0.29, 0.717) is 12.2 Å². The minimum absolute atomic E-state index is 0.247. The van der Waals surface area contributed by atoms with Crippen LogP contribution >= 0.6 is 11.1 Å². The molecule has 13 heavy (non-hydrogen) atoms. The molecular weight excluding hydrogens is 204 g/mol. The average molecular weight is 221 g/mol. The fourth-order valence-electron chi connectivity index (χ4n) is 0.882.